The lowest BCUT2D eigenvalue weighted by atomic mass is 10.0. The minimum atomic E-state index is -0.468. The summed E-state index contributed by atoms with van der Waals surface area (Å²) in [6.07, 6.45) is 0.727. The molecule has 0 aliphatic rings. The van der Waals surface area contributed by atoms with Crippen LogP contribution in [0.5, 0.6) is 0 Å². The second-order valence-electron chi connectivity index (χ2n) is 4.46. The molecule has 102 valence electrons. The highest BCUT2D eigenvalue weighted by Crippen LogP contribution is 2.25. The van der Waals surface area contributed by atoms with Gasteiger partial charge in [0.2, 0.25) is 0 Å². The monoisotopic (exact) mass is 272 g/mol. The third-order valence-corrected chi connectivity index (χ3v) is 3.11. The van der Waals surface area contributed by atoms with E-state index >= 15 is 0 Å². The maximum Gasteiger partial charge on any atom is 0.147 e. The number of nitrogens with zero attached hydrogens (tertiary/aromatic N) is 1. The van der Waals surface area contributed by atoms with Gasteiger partial charge in [0.15, 0.2) is 0 Å². The van der Waals surface area contributed by atoms with Crippen LogP contribution in [0.25, 0.3) is 0 Å². The average molecular weight is 272 g/mol. The number of rotatable bonds is 4. The number of nitriles is 1. The molecule has 1 N–H and O–H groups in total. The predicted octanol–water partition coefficient (Wildman–Crippen LogP) is 4.40. The van der Waals surface area contributed by atoms with Gasteiger partial charge in [-0.25, -0.2) is 8.78 Å². The summed E-state index contributed by atoms with van der Waals surface area (Å²) in [6.45, 7) is 1.96. The van der Waals surface area contributed by atoms with Gasteiger partial charge in [0.05, 0.1) is 23.4 Å². The van der Waals surface area contributed by atoms with E-state index in [9.17, 15) is 8.78 Å². The summed E-state index contributed by atoms with van der Waals surface area (Å²) in [5.74, 6) is -0.766. The lowest BCUT2D eigenvalue weighted by Gasteiger charge is -2.19. The summed E-state index contributed by atoms with van der Waals surface area (Å²) in [5.41, 5.74) is 1.50. The van der Waals surface area contributed by atoms with Gasteiger partial charge in [0, 0.05) is 0 Å². The van der Waals surface area contributed by atoms with Gasteiger partial charge in [0.1, 0.15) is 11.6 Å². The van der Waals surface area contributed by atoms with Crippen molar-refractivity contribution in [1.29, 1.82) is 5.26 Å². The second-order valence-corrected chi connectivity index (χ2v) is 4.46. The van der Waals surface area contributed by atoms with E-state index in [0.717, 1.165) is 12.0 Å². The SMILES string of the molecule is CCC(Nc1ccc(C#N)cc1F)c1ccc(F)cc1. The van der Waals surface area contributed by atoms with Crippen molar-refractivity contribution in [2.24, 2.45) is 0 Å². The summed E-state index contributed by atoms with van der Waals surface area (Å²) >= 11 is 0. The molecular weight excluding hydrogens is 258 g/mol. The Labute approximate surface area is 116 Å². The highest BCUT2D eigenvalue weighted by atomic mass is 19.1. The fourth-order valence-corrected chi connectivity index (χ4v) is 2.01. The van der Waals surface area contributed by atoms with Crippen LogP contribution >= 0.6 is 0 Å². The van der Waals surface area contributed by atoms with Crippen molar-refractivity contribution in [3.8, 4) is 6.07 Å². The quantitative estimate of drug-likeness (QED) is 0.895. The Balaban J connectivity index is 2.22. The topological polar surface area (TPSA) is 35.8 Å². The molecule has 0 aromatic heterocycles. The first-order valence-electron chi connectivity index (χ1n) is 6.35. The van der Waals surface area contributed by atoms with E-state index in [1.54, 1.807) is 24.3 Å². The summed E-state index contributed by atoms with van der Waals surface area (Å²) in [5, 5.41) is 11.8. The predicted molar refractivity (Wildman–Crippen MR) is 74.2 cm³/mol. The van der Waals surface area contributed by atoms with Crippen LogP contribution in [0.4, 0.5) is 14.5 Å². The fraction of sp³-hybridized carbons (Fsp3) is 0.188. The van der Waals surface area contributed by atoms with Crippen molar-refractivity contribution in [2.45, 2.75) is 19.4 Å². The molecule has 0 spiro atoms. The zero-order valence-corrected chi connectivity index (χ0v) is 11.0. The average Bonchev–Trinajstić information content (AvgIpc) is 2.47. The van der Waals surface area contributed by atoms with E-state index in [4.69, 9.17) is 5.26 Å². The van der Waals surface area contributed by atoms with Crippen LogP contribution in [0.15, 0.2) is 42.5 Å². The van der Waals surface area contributed by atoms with Gasteiger partial charge in [0.25, 0.3) is 0 Å². The van der Waals surface area contributed by atoms with E-state index in [1.165, 1.54) is 18.2 Å². The maximum atomic E-state index is 13.8. The molecule has 0 aliphatic carbocycles. The second kappa shape index (κ2) is 6.16. The summed E-state index contributed by atoms with van der Waals surface area (Å²) in [7, 11) is 0. The third kappa shape index (κ3) is 3.12. The van der Waals surface area contributed by atoms with E-state index in [2.05, 4.69) is 5.32 Å². The summed E-state index contributed by atoms with van der Waals surface area (Å²) < 4.78 is 26.8. The fourth-order valence-electron chi connectivity index (χ4n) is 2.01. The number of halogens is 2. The smallest absolute Gasteiger partial charge is 0.147 e. The van der Waals surface area contributed by atoms with Crippen molar-refractivity contribution in [1.82, 2.24) is 0 Å². The first-order valence-corrected chi connectivity index (χ1v) is 6.35. The van der Waals surface area contributed by atoms with Gasteiger partial charge in [-0.2, -0.15) is 5.26 Å². The molecule has 2 aromatic rings. The molecule has 0 aliphatic heterocycles. The molecule has 1 atom stereocenters. The first-order chi connectivity index (χ1) is 9.63. The first kappa shape index (κ1) is 14.0. The Hall–Kier alpha value is -2.41. The van der Waals surface area contributed by atoms with Crippen molar-refractivity contribution in [3.05, 3.63) is 65.2 Å². The van der Waals surface area contributed by atoms with E-state index < -0.39 is 5.82 Å². The third-order valence-electron chi connectivity index (χ3n) is 3.11. The van der Waals surface area contributed by atoms with Crippen LogP contribution in [0, 0.1) is 23.0 Å². The highest BCUT2D eigenvalue weighted by Gasteiger charge is 2.12. The number of benzene rings is 2. The zero-order chi connectivity index (χ0) is 14.5. The van der Waals surface area contributed by atoms with Gasteiger partial charge in [-0.3, -0.25) is 0 Å². The van der Waals surface area contributed by atoms with Gasteiger partial charge >= 0.3 is 0 Å². The Bertz CT molecular complexity index is 630. The summed E-state index contributed by atoms with van der Waals surface area (Å²) in [4.78, 5) is 0. The Kier molecular flexibility index (Phi) is 4.31. The van der Waals surface area contributed by atoms with Crippen molar-refractivity contribution in [2.75, 3.05) is 5.32 Å². The molecule has 0 amide bonds. The van der Waals surface area contributed by atoms with E-state index in [0.29, 0.717) is 5.69 Å². The Morgan fingerprint density at radius 3 is 2.40 bits per heavy atom. The van der Waals surface area contributed by atoms with Gasteiger partial charge in [-0.15, -0.1) is 0 Å². The minimum absolute atomic E-state index is 0.113. The lowest BCUT2D eigenvalue weighted by Crippen LogP contribution is -2.11. The van der Waals surface area contributed by atoms with Gasteiger partial charge in [-0.1, -0.05) is 19.1 Å². The molecule has 0 heterocycles. The molecule has 0 fully saturated rings. The van der Waals surface area contributed by atoms with Crippen LogP contribution < -0.4 is 5.32 Å². The normalized spacial score (nSPS) is 11.7. The van der Waals surface area contributed by atoms with Crippen LogP contribution in [-0.4, -0.2) is 0 Å². The van der Waals surface area contributed by atoms with Crippen LogP contribution in [-0.2, 0) is 0 Å². The standard InChI is InChI=1S/C16H14F2N2/c1-2-15(12-4-6-13(17)7-5-12)20-16-8-3-11(10-19)9-14(16)18/h3-9,15,20H,2H2,1H3. The van der Waals surface area contributed by atoms with E-state index in [1.807, 2.05) is 13.0 Å². The molecule has 2 rings (SSSR count). The maximum absolute atomic E-state index is 13.8. The number of hydrogen-bond donors (Lipinski definition) is 1. The Morgan fingerprint density at radius 1 is 1.15 bits per heavy atom. The molecule has 0 saturated carbocycles. The van der Waals surface area contributed by atoms with Gasteiger partial charge < -0.3 is 5.32 Å². The van der Waals surface area contributed by atoms with E-state index in [-0.39, 0.29) is 17.4 Å². The van der Waals surface area contributed by atoms with Crippen molar-refractivity contribution >= 4 is 5.69 Å². The minimum Gasteiger partial charge on any atom is -0.376 e. The van der Waals surface area contributed by atoms with Crippen molar-refractivity contribution in [3.63, 3.8) is 0 Å². The molecule has 0 saturated heterocycles. The zero-order valence-electron chi connectivity index (χ0n) is 11.0. The number of nitrogens with one attached hydrogen (secondary N) is 1. The molecule has 0 bridgehead atoms. The molecule has 20 heavy (non-hydrogen) atoms. The molecule has 2 nitrogen and oxygen atoms in total. The number of hydrogen-bond acceptors (Lipinski definition) is 2. The molecular formula is C16H14F2N2. The van der Waals surface area contributed by atoms with Gasteiger partial charge in [-0.05, 0) is 42.3 Å². The van der Waals surface area contributed by atoms with Crippen LogP contribution in [0.1, 0.15) is 30.5 Å². The molecule has 0 radical (unpaired) electrons. The molecule has 4 heteroatoms. The van der Waals surface area contributed by atoms with Crippen molar-refractivity contribution < 1.29 is 8.78 Å². The lowest BCUT2D eigenvalue weighted by molar-refractivity contribution is 0.619. The van der Waals surface area contributed by atoms with Crippen LogP contribution in [0.2, 0.25) is 0 Å². The largest absolute Gasteiger partial charge is 0.376 e. The summed E-state index contributed by atoms with van der Waals surface area (Å²) in [6, 6.07) is 12.2. The Morgan fingerprint density at radius 2 is 1.85 bits per heavy atom. The van der Waals surface area contributed by atoms with Crippen LogP contribution in [0.3, 0.4) is 0 Å². The number of anilines is 1. The molecule has 1 unspecified atom stereocenters. The highest BCUT2D eigenvalue weighted by molar-refractivity contribution is 5.50. The molecule has 2 aromatic carbocycles.